The number of rotatable bonds is 9. The van der Waals surface area contributed by atoms with Gasteiger partial charge in [0.1, 0.15) is 23.7 Å². The van der Waals surface area contributed by atoms with Crippen LogP contribution in [0.3, 0.4) is 0 Å². The van der Waals surface area contributed by atoms with Gasteiger partial charge in [-0.25, -0.2) is 4.79 Å². The fraction of sp³-hybridized carbons (Fsp3) is 0.120. The molecule has 1 heterocycles. The number of Topliss-reactive ketones (excluding diaryl/α,β-unsaturated/α-hetero) is 1. The lowest BCUT2D eigenvalue weighted by Crippen LogP contribution is -2.19. The van der Waals surface area contributed by atoms with Crippen molar-refractivity contribution in [2.75, 3.05) is 13.2 Å². The van der Waals surface area contributed by atoms with Crippen molar-refractivity contribution in [2.24, 2.45) is 0 Å². The van der Waals surface area contributed by atoms with Crippen LogP contribution in [0.15, 0.2) is 89.3 Å². The lowest BCUT2D eigenvalue weighted by atomic mass is 10.2. The predicted octanol–water partition coefficient (Wildman–Crippen LogP) is 4.82. The lowest BCUT2D eigenvalue weighted by Gasteiger charge is -2.09. The smallest absolute Gasteiger partial charge is 0.344 e. The summed E-state index contributed by atoms with van der Waals surface area (Å²) < 4.78 is 21.6. The molecule has 0 saturated heterocycles. The highest BCUT2D eigenvalue weighted by Crippen LogP contribution is 2.20. The number of fused-ring (bicyclic) bond motifs is 1. The molecule has 31 heavy (non-hydrogen) atoms. The van der Waals surface area contributed by atoms with Crippen LogP contribution < -0.4 is 9.47 Å². The third kappa shape index (κ3) is 5.51. The van der Waals surface area contributed by atoms with Crippen molar-refractivity contribution in [3.8, 4) is 11.5 Å². The fourth-order valence-electron chi connectivity index (χ4n) is 2.89. The van der Waals surface area contributed by atoms with E-state index in [0.717, 1.165) is 10.9 Å². The van der Waals surface area contributed by atoms with Crippen LogP contribution in [0.2, 0.25) is 0 Å². The molecule has 0 radical (unpaired) electrons. The molecular formula is C25H20O6. The lowest BCUT2D eigenvalue weighted by molar-refractivity contribution is -0.144. The maximum atomic E-state index is 12.2. The monoisotopic (exact) mass is 416 g/mol. The fourth-order valence-corrected chi connectivity index (χ4v) is 2.89. The normalized spacial score (nSPS) is 10.6. The molecule has 156 valence electrons. The number of esters is 1. The molecule has 0 spiro atoms. The van der Waals surface area contributed by atoms with Gasteiger partial charge in [0, 0.05) is 5.39 Å². The van der Waals surface area contributed by atoms with E-state index in [-0.39, 0.29) is 12.4 Å². The van der Waals surface area contributed by atoms with E-state index < -0.39 is 18.4 Å². The summed E-state index contributed by atoms with van der Waals surface area (Å²) in [5.74, 6) is 0.280. The largest absolute Gasteiger partial charge is 0.489 e. The minimum atomic E-state index is -0.645. The Labute approximate surface area is 179 Å². The van der Waals surface area contributed by atoms with E-state index >= 15 is 0 Å². The molecule has 0 aliphatic carbocycles. The number of ketones is 1. The average molecular weight is 416 g/mol. The van der Waals surface area contributed by atoms with Crippen molar-refractivity contribution >= 4 is 22.7 Å². The Morgan fingerprint density at radius 3 is 2.16 bits per heavy atom. The molecule has 6 heteroatoms. The van der Waals surface area contributed by atoms with E-state index in [1.165, 1.54) is 0 Å². The Kier molecular flexibility index (Phi) is 6.28. The molecule has 0 unspecified atom stereocenters. The number of ether oxygens (including phenoxy) is 3. The van der Waals surface area contributed by atoms with Crippen LogP contribution in [0, 0.1) is 0 Å². The number of hydrogen-bond donors (Lipinski definition) is 0. The molecule has 0 aliphatic heterocycles. The topological polar surface area (TPSA) is 75.0 Å². The molecule has 0 atom stereocenters. The maximum Gasteiger partial charge on any atom is 0.344 e. The zero-order valence-corrected chi connectivity index (χ0v) is 16.7. The summed E-state index contributed by atoms with van der Waals surface area (Å²) in [5, 5.41) is 0.816. The average Bonchev–Trinajstić information content (AvgIpc) is 3.26. The Balaban J connectivity index is 1.20. The number of carbonyl (C=O) groups excluding carboxylic acids is 2. The van der Waals surface area contributed by atoms with Crippen molar-refractivity contribution < 1.29 is 28.2 Å². The second-order valence-corrected chi connectivity index (χ2v) is 6.77. The van der Waals surface area contributed by atoms with Gasteiger partial charge in [0.05, 0.1) is 0 Å². The van der Waals surface area contributed by atoms with Gasteiger partial charge in [-0.1, -0.05) is 48.5 Å². The third-order valence-electron chi connectivity index (χ3n) is 4.49. The van der Waals surface area contributed by atoms with Gasteiger partial charge in [0.15, 0.2) is 19.0 Å². The first kappa shape index (κ1) is 20.2. The molecular weight excluding hydrogens is 396 g/mol. The highest BCUT2D eigenvalue weighted by atomic mass is 16.6. The predicted molar refractivity (Wildman–Crippen MR) is 114 cm³/mol. The van der Waals surface area contributed by atoms with Gasteiger partial charge in [-0.05, 0) is 42.0 Å². The third-order valence-corrected chi connectivity index (χ3v) is 4.49. The van der Waals surface area contributed by atoms with Crippen molar-refractivity contribution in [1.82, 2.24) is 0 Å². The van der Waals surface area contributed by atoms with Crippen LogP contribution in [-0.2, 0) is 16.1 Å². The summed E-state index contributed by atoms with van der Waals surface area (Å²) in [6.45, 7) is -0.251. The molecule has 4 aromatic rings. The van der Waals surface area contributed by atoms with E-state index in [1.807, 2.05) is 48.5 Å². The Morgan fingerprint density at radius 1 is 0.742 bits per heavy atom. The maximum absolute atomic E-state index is 12.2. The van der Waals surface area contributed by atoms with Gasteiger partial charge < -0.3 is 18.6 Å². The van der Waals surface area contributed by atoms with E-state index in [2.05, 4.69) is 0 Å². The second-order valence-electron chi connectivity index (χ2n) is 6.77. The number of benzene rings is 3. The standard InChI is InChI=1S/C25H20O6/c26-22(24-14-19-8-4-5-9-23(19)31-24)16-30-25(27)17-29-21-12-10-20(11-13-21)28-15-18-6-2-1-3-7-18/h1-14H,15-17H2. The summed E-state index contributed by atoms with van der Waals surface area (Å²) in [4.78, 5) is 24.1. The highest BCUT2D eigenvalue weighted by Gasteiger charge is 2.15. The quantitative estimate of drug-likeness (QED) is 0.288. The van der Waals surface area contributed by atoms with Crippen molar-refractivity contribution in [3.63, 3.8) is 0 Å². The number of para-hydroxylation sites is 1. The van der Waals surface area contributed by atoms with Crippen molar-refractivity contribution in [2.45, 2.75) is 6.61 Å². The first-order valence-corrected chi connectivity index (χ1v) is 9.74. The van der Waals surface area contributed by atoms with Crippen LogP contribution in [0.25, 0.3) is 11.0 Å². The minimum absolute atomic E-state index is 0.154. The van der Waals surface area contributed by atoms with Gasteiger partial charge in [-0.2, -0.15) is 0 Å². The summed E-state index contributed by atoms with van der Waals surface area (Å²) >= 11 is 0. The van der Waals surface area contributed by atoms with E-state index in [9.17, 15) is 9.59 Å². The zero-order valence-electron chi connectivity index (χ0n) is 16.7. The summed E-state index contributed by atoms with van der Waals surface area (Å²) in [6.07, 6.45) is 0. The molecule has 0 fully saturated rings. The first-order valence-electron chi connectivity index (χ1n) is 9.74. The molecule has 0 amide bonds. The number of carbonyl (C=O) groups is 2. The molecule has 0 aliphatic rings. The van der Waals surface area contributed by atoms with Gasteiger partial charge >= 0.3 is 5.97 Å². The Bertz CT molecular complexity index is 1130. The number of furan rings is 1. The van der Waals surface area contributed by atoms with Crippen LogP contribution in [-0.4, -0.2) is 25.0 Å². The molecule has 0 saturated carbocycles. The molecule has 6 nitrogen and oxygen atoms in total. The summed E-state index contributed by atoms with van der Waals surface area (Å²) in [5.41, 5.74) is 1.68. The SMILES string of the molecule is O=C(COc1ccc(OCc2ccccc2)cc1)OCC(=O)c1cc2ccccc2o1. The van der Waals surface area contributed by atoms with Crippen LogP contribution in [0.5, 0.6) is 11.5 Å². The Hall–Kier alpha value is -4.06. The molecule has 4 rings (SSSR count). The van der Waals surface area contributed by atoms with Crippen LogP contribution in [0.1, 0.15) is 16.1 Å². The Morgan fingerprint density at radius 2 is 1.42 bits per heavy atom. The van der Waals surface area contributed by atoms with Crippen molar-refractivity contribution in [3.05, 3.63) is 96.3 Å². The molecule has 1 aromatic heterocycles. The number of hydrogen-bond acceptors (Lipinski definition) is 6. The highest BCUT2D eigenvalue weighted by molar-refractivity contribution is 5.99. The first-order chi connectivity index (χ1) is 15.2. The molecule has 0 N–H and O–H groups in total. The van der Waals surface area contributed by atoms with E-state index in [0.29, 0.717) is 23.7 Å². The molecule has 0 bridgehead atoms. The van der Waals surface area contributed by atoms with Gasteiger partial charge in [-0.15, -0.1) is 0 Å². The van der Waals surface area contributed by atoms with Gasteiger partial charge in [0.2, 0.25) is 5.78 Å². The van der Waals surface area contributed by atoms with Crippen LogP contribution in [0.4, 0.5) is 0 Å². The zero-order chi connectivity index (χ0) is 21.5. The summed E-state index contributed by atoms with van der Waals surface area (Å²) in [6, 6.07) is 25.7. The van der Waals surface area contributed by atoms with Gasteiger partial charge in [0.25, 0.3) is 0 Å². The van der Waals surface area contributed by atoms with Gasteiger partial charge in [-0.3, -0.25) is 4.79 Å². The second kappa shape index (κ2) is 9.63. The molecule has 3 aromatic carbocycles. The van der Waals surface area contributed by atoms with E-state index in [4.69, 9.17) is 18.6 Å². The minimum Gasteiger partial charge on any atom is -0.489 e. The van der Waals surface area contributed by atoms with E-state index in [1.54, 1.807) is 36.4 Å². The van der Waals surface area contributed by atoms with Crippen molar-refractivity contribution in [1.29, 1.82) is 0 Å². The summed E-state index contributed by atoms with van der Waals surface area (Å²) in [7, 11) is 0. The van der Waals surface area contributed by atoms with Crippen LogP contribution >= 0.6 is 0 Å².